The van der Waals surface area contributed by atoms with Crippen molar-refractivity contribution in [2.24, 2.45) is 5.73 Å². The van der Waals surface area contributed by atoms with Gasteiger partial charge in [-0.2, -0.15) is 11.8 Å². The first kappa shape index (κ1) is 14.7. The minimum atomic E-state index is 0.460. The molecule has 0 heterocycles. The molecule has 2 nitrogen and oxygen atoms in total. The zero-order valence-corrected chi connectivity index (χ0v) is 12.3. The summed E-state index contributed by atoms with van der Waals surface area (Å²) in [5, 5.41) is 0.811. The molecule has 1 aromatic carbocycles. The van der Waals surface area contributed by atoms with Gasteiger partial charge in [0.05, 0.1) is 10.7 Å². The summed E-state index contributed by atoms with van der Waals surface area (Å²) >= 11 is 8.16. The van der Waals surface area contributed by atoms with Crippen LogP contribution >= 0.6 is 23.4 Å². The summed E-state index contributed by atoms with van der Waals surface area (Å²) in [5.41, 5.74) is 8.01. The summed E-state index contributed by atoms with van der Waals surface area (Å²) in [6.07, 6.45) is 2.99. The van der Waals surface area contributed by atoms with Crippen LogP contribution in [0.4, 0.5) is 5.69 Å². The Morgan fingerprint density at radius 2 is 2.18 bits per heavy atom. The van der Waals surface area contributed by atoms with Crippen LogP contribution in [0.15, 0.2) is 18.2 Å². The van der Waals surface area contributed by atoms with Crippen LogP contribution in [0, 0.1) is 0 Å². The van der Waals surface area contributed by atoms with Crippen molar-refractivity contribution >= 4 is 29.1 Å². The van der Waals surface area contributed by atoms with E-state index in [1.165, 1.54) is 5.56 Å². The fourth-order valence-electron chi connectivity index (χ4n) is 1.89. The van der Waals surface area contributed by atoms with Crippen LogP contribution in [0.5, 0.6) is 0 Å². The van der Waals surface area contributed by atoms with Gasteiger partial charge in [0.1, 0.15) is 0 Å². The highest BCUT2D eigenvalue weighted by atomic mass is 35.5. The summed E-state index contributed by atoms with van der Waals surface area (Å²) < 4.78 is 0. The Morgan fingerprint density at radius 3 is 2.76 bits per heavy atom. The van der Waals surface area contributed by atoms with Gasteiger partial charge < -0.3 is 10.6 Å². The maximum atomic E-state index is 6.31. The number of halogens is 1. The van der Waals surface area contributed by atoms with Crippen molar-refractivity contribution in [3.63, 3.8) is 0 Å². The molecule has 0 spiro atoms. The van der Waals surface area contributed by atoms with Gasteiger partial charge in [-0.25, -0.2) is 0 Å². The lowest BCUT2D eigenvalue weighted by Crippen LogP contribution is -2.32. The fraction of sp³-hybridized carbons (Fsp3) is 0.538. The Morgan fingerprint density at radius 1 is 1.47 bits per heavy atom. The zero-order chi connectivity index (χ0) is 12.8. The molecule has 96 valence electrons. The van der Waals surface area contributed by atoms with E-state index in [9.17, 15) is 0 Å². The summed E-state index contributed by atoms with van der Waals surface area (Å²) in [7, 11) is 2.10. The first-order valence-corrected chi connectivity index (χ1v) is 7.58. The van der Waals surface area contributed by atoms with E-state index in [0.717, 1.165) is 22.9 Å². The Balaban J connectivity index is 3.01. The van der Waals surface area contributed by atoms with Crippen molar-refractivity contribution in [3.8, 4) is 0 Å². The van der Waals surface area contributed by atoms with Gasteiger partial charge in [-0.05, 0) is 37.8 Å². The van der Waals surface area contributed by atoms with Gasteiger partial charge in [0.25, 0.3) is 0 Å². The van der Waals surface area contributed by atoms with Crippen LogP contribution in [0.25, 0.3) is 0 Å². The Kier molecular flexibility index (Phi) is 6.17. The molecular weight excluding hydrogens is 252 g/mol. The standard InChI is InChI=1S/C13H21ClN2S/c1-10(9-17-3)16(2)13-11(7-8-15)5-4-6-12(13)14/h4-6,10H,7-9,15H2,1-3H3. The van der Waals surface area contributed by atoms with Gasteiger partial charge in [0.15, 0.2) is 0 Å². The van der Waals surface area contributed by atoms with Crippen LogP contribution in [-0.2, 0) is 6.42 Å². The predicted molar refractivity (Wildman–Crippen MR) is 80.5 cm³/mol. The molecule has 0 aromatic heterocycles. The monoisotopic (exact) mass is 272 g/mol. The number of nitrogens with zero attached hydrogens (tertiary/aromatic N) is 1. The molecule has 2 N–H and O–H groups in total. The second-order valence-electron chi connectivity index (χ2n) is 4.20. The smallest absolute Gasteiger partial charge is 0.0642 e. The van der Waals surface area contributed by atoms with E-state index in [-0.39, 0.29) is 0 Å². The molecular formula is C13H21ClN2S. The minimum absolute atomic E-state index is 0.460. The third-order valence-corrected chi connectivity index (χ3v) is 4.03. The average Bonchev–Trinajstić information content (AvgIpc) is 2.29. The molecule has 0 aliphatic carbocycles. The molecule has 1 rings (SSSR count). The molecule has 0 bridgehead atoms. The zero-order valence-electron chi connectivity index (χ0n) is 10.7. The maximum absolute atomic E-state index is 6.31. The van der Waals surface area contributed by atoms with Crippen LogP contribution in [-0.4, -0.2) is 31.6 Å². The lowest BCUT2D eigenvalue weighted by atomic mass is 10.1. The summed E-state index contributed by atoms with van der Waals surface area (Å²) in [4.78, 5) is 2.25. The molecule has 0 saturated carbocycles. The molecule has 4 heteroatoms. The molecule has 17 heavy (non-hydrogen) atoms. The number of thioether (sulfide) groups is 1. The normalized spacial score (nSPS) is 12.5. The van der Waals surface area contributed by atoms with Crippen molar-refractivity contribution in [1.82, 2.24) is 0 Å². The minimum Gasteiger partial charge on any atom is -0.370 e. The van der Waals surface area contributed by atoms with E-state index >= 15 is 0 Å². The van der Waals surface area contributed by atoms with Gasteiger partial charge >= 0.3 is 0 Å². The van der Waals surface area contributed by atoms with Crippen molar-refractivity contribution in [2.75, 3.05) is 30.5 Å². The molecule has 1 aromatic rings. The van der Waals surface area contributed by atoms with Gasteiger partial charge in [-0.3, -0.25) is 0 Å². The third kappa shape index (κ3) is 3.80. The van der Waals surface area contributed by atoms with Crippen LogP contribution in [0.2, 0.25) is 5.02 Å². The Hall–Kier alpha value is -0.380. The van der Waals surface area contributed by atoms with Gasteiger partial charge in [-0.15, -0.1) is 0 Å². The SMILES string of the molecule is CSCC(C)N(C)c1c(Cl)cccc1CCN. The second kappa shape index (κ2) is 7.14. The van der Waals surface area contributed by atoms with Crippen LogP contribution in [0.3, 0.4) is 0 Å². The lowest BCUT2D eigenvalue weighted by molar-refractivity contribution is 0.759. The number of rotatable bonds is 6. The Labute approximate surface area is 114 Å². The number of benzene rings is 1. The fourth-order valence-corrected chi connectivity index (χ4v) is 2.92. The van der Waals surface area contributed by atoms with Crippen molar-refractivity contribution < 1.29 is 0 Å². The van der Waals surface area contributed by atoms with Crippen LogP contribution in [0.1, 0.15) is 12.5 Å². The first-order chi connectivity index (χ1) is 8.11. The average molecular weight is 273 g/mol. The highest BCUT2D eigenvalue weighted by Gasteiger charge is 2.15. The number of hydrogen-bond acceptors (Lipinski definition) is 3. The molecule has 0 aliphatic heterocycles. The molecule has 0 fully saturated rings. The van der Waals surface area contributed by atoms with Crippen molar-refractivity contribution in [3.05, 3.63) is 28.8 Å². The predicted octanol–water partition coefficient (Wildman–Crippen LogP) is 3.03. The summed E-state index contributed by atoms with van der Waals surface area (Å²) in [5.74, 6) is 1.09. The molecule has 1 unspecified atom stereocenters. The summed E-state index contributed by atoms with van der Waals surface area (Å²) in [6.45, 7) is 2.87. The van der Waals surface area contributed by atoms with Gasteiger partial charge in [-0.1, -0.05) is 23.7 Å². The highest BCUT2D eigenvalue weighted by Crippen LogP contribution is 2.31. The van der Waals surface area contributed by atoms with E-state index < -0.39 is 0 Å². The maximum Gasteiger partial charge on any atom is 0.0642 e. The molecule has 0 saturated heterocycles. The number of anilines is 1. The van der Waals surface area contributed by atoms with E-state index in [1.54, 1.807) is 0 Å². The van der Waals surface area contributed by atoms with Crippen molar-refractivity contribution in [1.29, 1.82) is 0 Å². The lowest BCUT2D eigenvalue weighted by Gasteiger charge is -2.29. The molecule has 0 aliphatic rings. The molecule has 0 radical (unpaired) electrons. The highest BCUT2D eigenvalue weighted by molar-refractivity contribution is 7.98. The topological polar surface area (TPSA) is 29.3 Å². The van der Waals surface area contributed by atoms with Gasteiger partial charge in [0, 0.05) is 18.8 Å². The first-order valence-electron chi connectivity index (χ1n) is 5.81. The Bertz CT molecular complexity index is 357. The summed E-state index contributed by atoms with van der Waals surface area (Å²) in [6, 6.07) is 6.50. The number of nitrogens with two attached hydrogens (primary N) is 1. The van der Waals surface area contributed by atoms with E-state index in [0.29, 0.717) is 12.6 Å². The number of para-hydroxylation sites is 1. The second-order valence-corrected chi connectivity index (χ2v) is 5.52. The van der Waals surface area contributed by atoms with Crippen molar-refractivity contribution in [2.45, 2.75) is 19.4 Å². The third-order valence-electron chi connectivity index (χ3n) is 2.91. The van der Waals surface area contributed by atoms with E-state index in [4.69, 9.17) is 17.3 Å². The van der Waals surface area contributed by atoms with E-state index in [2.05, 4.69) is 31.2 Å². The molecule has 0 amide bonds. The van der Waals surface area contributed by atoms with E-state index in [1.807, 2.05) is 23.9 Å². The largest absolute Gasteiger partial charge is 0.370 e. The molecule has 1 atom stereocenters. The van der Waals surface area contributed by atoms with Gasteiger partial charge in [0.2, 0.25) is 0 Å². The number of hydrogen-bond donors (Lipinski definition) is 1. The van der Waals surface area contributed by atoms with Crippen LogP contribution < -0.4 is 10.6 Å². The quantitative estimate of drug-likeness (QED) is 0.863.